The molecule has 0 unspecified atom stereocenters. The van der Waals surface area contributed by atoms with Crippen LogP contribution in [0.1, 0.15) is 53.4 Å². The fraction of sp³-hybridized carbons (Fsp3) is 0.229. The van der Waals surface area contributed by atoms with Gasteiger partial charge in [0.05, 0.1) is 38.4 Å². The number of hydrogen-bond donors (Lipinski definition) is 0. The van der Waals surface area contributed by atoms with E-state index in [1.165, 1.54) is 38.2 Å². The molecule has 0 aromatic heterocycles. The first-order valence-electron chi connectivity index (χ1n) is 19.1. The van der Waals surface area contributed by atoms with Gasteiger partial charge in [-0.3, -0.25) is 4.84 Å². The molecule has 282 valence electrons. The molecule has 1 aliphatic rings. The van der Waals surface area contributed by atoms with Crippen molar-refractivity contribution in [3.8, 4) is 0 Å². The Labute approximate surface area is 327 Å². The zero-order valence-electron chi connectivity index (χ0n) is 32.4. The van der Waals surface area contributed by atoms with E-state index in [1.807, 2.05) is 5.06 Å². The van der Waals surface area contributed by atoms with Gasteiger partial charge in [-0.1, -0.05) is 109 Å². The number of hydrogen-bond acceptors (Lipinski definition) is 4. The number of piperidine rings is 1. The molecule has 0 N–H and O–H groups in total. The molecular weight excluding hydrogens is 714 g/mol. The third-order valence-corrected chi connectivity index (χ3v) is 18.7. The van der Waals surface area contributed by atoms with Gasteiger partial charge in [0.2, 0.25) is 0 Å². The Balaban J connectivity index is 0.000000271. The third kappa shape index (κ3) is 8.90. The Morgan fingerprint density at radius 1 is 0.527 bits per heavy atom. The van der Waals surface area contributed by atoms with E-state index in [9.17, 15) is 9.90 Å². The topological polar surface area (TPSA) is 66.7 Å². The molecule has 6 aromatic rings. The van der Waals surface area contributed by atoms with E-state index in [0.717, 1.165) is 12.8 Å². The third-order valence-electron chi connectivity index (χ3n) is 10.3. The summed E-state index contributed by atoms with van der Waals surface area (Å²) in [5.41, 5.74) is -0.0681. The van der Waals surface area contributed by atoms with Crippen LogP contribution in [-0.2, 0) is 9.63 Å². The summed E-state index contributed by atoms with van der Waals surface area (Å²) in [6.45, 7) is 8.72. The molecule has 0 amide bonds. The number of benzene rings is 6. The normalized spacial score (nSPS) is 15.2. The van der Waals surface area contributed by atoms with Crippen LogP contribution in [0.3, 0.4) is 0 Å². The number of hydroxylamine groups is 2. The standard InChI is InChI=1S/C36H30NP2.C12H23NO3/c1-7-19-31(20-8-1)38(32-21-9-2-10-22-32,33-23-11-3-12-24-33)37-39(34-25-13-4-14-26-34,35-27-15-5-16-28-35)36-29-17-6-18-30-36;1-11(2)7-5-8-12(3,4)13(11)16-9-6-10(14)15/h1-30H;5-9H2,1-4H3,(H,14,15)/q+1;/p-1. The second kappa shape index (κ2) is 17.8. The van der Waals surface area contributed by atoms with Crippen LogP contribution in [-0.4, -0.2) is 28.7 Å². The summed E-state index contributed by atoms with van der Waals surface area (Å²) in [6, 6.07) is 65.7. The number of carbonyl (C=O) groups excluding carboxylic acids is 1. The van der Waals surface area contributed by atoms with E-state index in [-0.39, 0.29) is 24.1 Å². The lowest BCUT2D eigenvalue weighted by molar-refractivity contribution is -0.314. The minimum atomic E-state index is -2.50. The highest BCUT2D eigenvalue weighted by Crippen LogP contribution is 2.50. The fourth-order valence-electron chi connectivity index (χ4n) is 7.81. The van der Waals surface area contributed by atoms with Crippen LogP contribution in [0.4, 0.5) is 0 Å². The Morgan fingerprint density at radius 3 is 1.02 bits per heavy atom. The van der Waals surface area contributed by atoms with E-state index in [2.05, 4.69) is 210 Å². The zero-order chi connectivity index (χ0) is 38.8. The van der Waals surface area contributed by atoms with Crippen molar-refractivity contribution in [1.82, 2.24) is 9.24 Å². The zero-order valence-corrected chi connectivity index (χ0v) is 34.2. The molecule has 7 rings (SSSR count). The average Bonchev–Trinajstić information content (AvgIpc) is 3.22. The number of carbonyl (C=O) groups is 1. The Hall–Kier alpha value is -4.72. The number of rotatable bonds is 10. The van der Waals surface area contributed by atoms with E-state index in [1.54, 1.807) is 0 Å². The summed E-state index contributed by atoms with van der Waals surface area (Å²) in [5, 5.41) is 19.9. The van der Waals surface area contributed by atoms with Gasteiger partial charge in [0.15, 0.2) is 0 Å². The molecule has 7 heteroatoms. The van der Waals surface area contributed by atoms with Gasteiger partial charge in [0.25, 0.3) is 0 Å². The molecular formula is C48H52N2O3P2. The maximum absolute atomic E-state index is 10.4. The van der Waals surface area contributed by atoms with Crippen molar-refractivity contribution < 1.29 is 14.7 Å². The first kappa shape index (κ1) is 40.0. The molecule has 1 heterocycles. The summed E-state index contributed by atoms with van der Waals surface area (Å²) >= 11 is 0. The van der Waals surface area contributed by atoms with Gasteiger partial charge in [-0.05, 0) is 120 Å². The Morgan fingerprint density at radius 2 is 0.782 bits per heavy atom. The predicted molar refractivity (Wildman–Crippen MR) is 232 cm³/mol. The fourth-order valence-corrected chi connectivity index (χ4v) is 17.3. The molecule has 55 heavy (non-hydrogen) atoms. The lowest BCUT2D eigenvalue weighted by Gasteiger charge is -2.51. The maximum Gasteiger partial charge on any atom is 0.301 e. The summed E-state index contributed by atoms with van der Waals surface area (Å²) in [5.74, 6) is -1.06. The second-order valence-corrected chi connectivity index (χ2v) is 21.5. The van der Waals surface area contributed by atoms with Crippen molar-refractivity contribution in [2.45, 2.75) is 64.5 Å². The minimum Gasteiger partial charge on any atom is -0.550 e. The molecule has 0 atom stereocenters. The maximum atomic E-state index is 10.4. The lowest BCUT2D eigenvalue weighted by Crippen LogP contribution is -2.58. The summed E-state index contributed by atoms with van der Waals surface area (Å²) in [6.07, 6.45) is 3.27. The van der Waals surface area contributed by atoms with Crippen molar-refractivity contribution in [3.05, 3.63) is 182 Å². The van der Waals surface area contributed by atoms with E-state index in [4.69, 9.17) is 9.01 Å². The highest BCUT2D eigenvalue weighted by molar-refractivity contribution is 7.93. The van der Waals surface area contributed by atoms with Crippen molar-refractivity contribution in [2.24, 2.45) is 0 Å². The van der Waals surface area contributed by atoms with Crippen molar-refractivity contribution in [3.63, 3.8) is 0 Å². The van der Waals surface area contributed by atoms with Gasteiger partial charge in [0, 0.05) is 23.5 Å². The highest BCUT2D eigenvalue weighted by atomic mass is 31.2. The SMILES string of the molecule is CC1(C)CCCC(C)(C)N1OCCC(=O)[O-].c1ccc(P(=[N+]=P(c2ccccc2)(c2ccccc2)c2ccccc2)(c2ccccc2)c2ccccc2)cc1. The van der Waals surface area contributed by atoms with Gasteiger partial charge in [-0.2, -0.15) is 5.06 Å². The number of nitrogens with zero attached hydrogens (tertiary/aromatic N) is 2. The van der Waals surface area contributed by atoms with Crippen molar-refractivity contribution in [1.29, 1.82) is 0 Å². The number of carboxylic acids is 1. The highest BCUT2D eigenvalue weighted by Gasteiger charge is 2.45. The van der Waals surface area contributed by atoms with Crippen molar-refractivity contribution >= 4 is 51.9 Å². The Bertz CT molecular complexity index is 1890. The molecule has 1 fully saturated rings. The van der Waals surface area contributed by atoms with E-state index in [0.29, 0.717) is 0 Å². The molecule has 1 aliphatic heterocycles. The van der Waals surface area contributed by atoms with Crippen LogP contribution in [0.15, 0.2) is 182 Å². The largest absolute Gasteiger partial charge is 0.550 e. The van der Waals surface area contributed by atoms with Crippen LogP contribution in [0.2, 0.25) is 0 Å². The molecule has 0 bridgehead atoms. The first-order chi connectivity index (χ1) is 26.6. The molecule has 0 saturated carbocycles. The molecule has 1 saturated heterocycles. The number of carboxylic acid groups (broad SMARTS) is 1. The average molecular weight is 767 g/mol. The van der Waals surface area contributed by atoms with Crippen molar-refractivity contribution in [2.75, 3.05) is 6.61 Å². The Kier molecular flexibility index (Phi) is 12.9. The van der Waals surface area contributed by atoms with Gasteiger partial charge in [-0.25, -0.2) is 0 Å². The van der Waals surface area contributed by atoms with Crippen LogP contribution in [0.25, 0.3) is 0 Å². The molecule has 0 aliphatic carbocycles. The molecule has 0 radical (unpaired) electrons. The monoisotopic (exact) mass is 766 g/mol. The molecule has 5 nitrogen and oxygen atoms in total. The van der Waals surface area contributed by atoms with Crippen LogP contribution in [0.5, 0.6) is 0 Å². The van der Waals surface area contributed by atoms with Crippen LogP contribution in [0, 0.1) is 0 Å². The van der Waals surface area contributed by atoms with Crippen LogP contribution < -0.4 is 41.1 Å². The summed E-state index contributed by atoms with van der Waals surface area (Å²) < 4.78 is 6.38. The summed E-state index contributed by atoms with van der Waals surface area (Å²) in [4.78, 5) is 16.0. The minimum absolute atomic E-state index is 0.0340. The lowest BCUT2D eigenvalue weighted by atomic mass is 9.82. The van der Waals surface area contributed by atoms with E-state index >= 15 is 0 Å². The molecule has 6 aromatic carbocycles. The first-order valence-corrected chi connectivity index (χ1v) is 22.6. The quantitative estimate of drug-likeness (QED) is 0.107. The summed E-state index contributed by atoms with van der Waals surface area (Å²) in [7, 11) is -4.99. The number of aliphatic carboxylic acids is 1. The smallest absolute Gasteiger partial charge is 0.301 e. The van der Waals surface area contributed by atoms with Gasteiger partial charge in [0.1, 0.15) is 0 Å². The molecule has 0 spiro atoms. The second-order valence-electron chi connectivity index (χ2n) is 15.1. The van der Waals surface area contributed by atoms with Gasteiger partial charge in [-0.15, -0.1) is 4.17 Å². The predicted octanol–water partition coefficient (Wildman–Crippen LogP) is 7.51. The van der Waals surface area contributed by atoms with E-state index < -0.39 is 20.1 Å². The van der Waals surface area contributed by atoms with Gasteiger partial charge >= 0.3 is 14.1 Å². The van der Waals surface area contributed by atoms with Gasteiger partial charge < -0.3 is 9.90 Å². The van der Waals surface area contributed by atoms with Crippen LogP contribution >= 0.6 is 14.1 Å².